The van der Waals surface area contributed by atoms with Crippen molar-refractivity contribution >= 4 is 45.8 Å². The number of carbonyl (C=O) groups is 2. The van der Waals surface area contributed by atoms with E-state index in [1.54, 1.807) is 48.5 Å². The molecule has 0 saturated carbocycles. The number of carbonyl (C=O) groups excluding carboxylic acids is 2. The molecule has 144 valence electrons. The summed E-state index contributed by atoms with van der Waals surface area (Å²) in [6.07, 6.45) is 0. The highest BCUT2D eigenvalue weighted by Crippen LogP contribution is 2.32. The predicted molar refractivity (Wildman–Crippen MR) is 110 cm³/mol. The fourth-order valence-electron chi connectivity index (χ4n) is 2.88. The van der Waals surface area contributed by atoms with E-state index >= 15 is 0 Å². The fraction of sp³-hybridized carbons (Fsp3) is 0. The maximum atomic E-state index is 13.1. The van der Waals surface area contributed by atoms with Crippen LogP contribution in [0.25, 0.3) is 11.0 Å². The Kier molecular flexibility index (Phi) is 5.01. The van der Waals surface area contributed by atoms with Gasteiger partial charge in [0.25, 0.3) is 11.8 Å². The largest absolute Gasteiger partial charge is 0.449 e. The number of benzene rings is 3. The fourth-order valence-corrected chi connectivity index (χ4v) is 3.10. The van der Waals surface area contributed by atoms with E-state index < -0.39 is 17.6 Å². The average molecular weight is 409 g/mol. The molecule has 0 aliphatic rings. The van der Waals surface area contributed by atoms with Gasteiger partial charge in [-0.2, -0.15) is 0 Å². The Morgan fingerprint density at radius 1 is 0.828 bits per heavy atom. The van der Waals surface area contributed by atoms with Crippen LogP contribution in [-0.4, -0.2) is 11.8 Å². The van der Waals surface area contributed by atoms with Crippen molar-refractivity contribution in [2.24, 2.45) is 0 Å². The van der Waals surface area contributed by atoms with Gasteiger partial charge in [0, 0.05) is 11.1 Å². The number of furan rings is 1. The third-order valence-corrected chi connectivity index (χ3v) is 4.59. The second-order valence-corrected chi connectivity index (χ2v) is 6.60. The van der Waals surface area contributed by atoms with Crippen molar-refractivity contribution in [3.8, 4) is 0 Å². The summed E-state index contributed by atoms with van der Waals surface area (Å²) in [6, 6.07) is 18.9. The smallest absolute Gasteiger partial charge is 0.293 e. The Balaban J connectivity index is 1.71. The van der Waals surface area contributed by atoms with Gasteiger partial charge < -0.3 is 15.1 Å². The van der Waals surface area contributed by atoms with E-state index in [1.807, 2.05) is 0 Å². The number of hydrogen-bond acceptors (Lipinski definition) is 3. The molecular formula is C22H14ClFN2O3. The summed E-state index contributed by atoms with van der Waals surface area (Å²) in [6.45, 7) is 0. The van der Waals surface area contributed by atoms with Crippen LogP contribution < -0.4 is 10.6 Å². The number of halogens is 2. The zero-order chi connectivity index (χ0) is 20.4. The third-order valence-electron chi connectivity index (χ3n) is 4.26. The van der Waals surface area contributed by atoms with Crippen molar-refractivity contribution in [1.82, 2.24) is 0 Å². The minimum Gasteiger partial charge on any atom is -0.449 e. The highest BCUT2D eigenvalue weighted by atomic mass is 35.5. The molecule has 0 aliphatic carbocycles. The van der Waals surface area contributed by atoms with E-state index in [1.165, 1.54) is 24.3 Å². The van der Waals surface area contributed by atoms with Crippen LogP contribution in [0, 0.1) is 5.82 Å². The molecule has 0 atom stereocenters. The van der Waals surface area contributed by atoms with Gasteiger partial charge in [0.15, 0.2) is 0 Å². The summed E-state index contributed by atoms with van der Waals surface area (Å²) in [7, 11) is 0. The van der Waals surface area contributed by atoms with Crippen LogP contribution in [0.5, 0.6) is 0 Å². The van der Waals surface area contributed by atoms with Gasteiger partial charge in [0.1, 0.15) is 17.1 Å². The van der Waals surface area contributed by atoms with Gasteiger partial charge in [-0.05, 0) is 48.5 Å². The normalized spacial score (nSPS) is 10.7. The zero-order valence-electron chi connectivity index (χ0n) is 14.9. The van der Waals surface area contributed by atoms with Crippen LogP contribution in [0.15, 0.2) is 77.2 Å². The first-order valence-corrected chi connectivity index (χ1v) is 9.05. The average Bonchev–Trinajstić information content (AvgIpc) is 3.08. The molecule has 0 bridgehead atoms. The monoisotopic (exact) mass is 408 g/mol. The summed E-state index contributed by atoms with van der Waals surface area (Å²) < 4.78 is 18.8. The molecule has 0 fully saturated rings. The number of hydrogen-bond donors (Lipinski definition) is 2. The minimum atomic E-state index is -0.581. The molecule has 3 aromatic carbocycles. The van der Waals surface area contributed by atoms with E-state index in [2.05, 4.69) is 10.6 Å². The molecule has 1 aromatic heterocycles. The first-order valence-electron chi connectivity index (χ1n) is 8.67. The standard InChI is InChI=1S/C22H14ClFN2O3/c23-17-7-3-1-5-15(17)21(27)26-19-16-6-2-4-8-18(16)29-20(19)22(28)25-14-11-9-13(24)10-12-14/h1-12H,(H,25,28)(H,26,27). The molecule has 2 N–H and O–H groups in total. The lowest BCUT2D eigenvalue weighted by Gasteiger charge is -2.08. The number of rotatable bonds is 4. The first-order chi connectivity index (χ1) is 14.0. The van der Waals surface area contributed by atoms with Crippen LogP contribution >= 0.6 is 11.6 Å². The maximum Gasteiger partial charge on any atom is 0.293 e. The highest BCUT2D eigenvalue weighted by Gasteiger charge is 2.23. The van der Waals surface area contributed by atoms with Gasteiger partial charge in [-0.1, -0.05) is 35.9 Å². The highest BCUT2D eigenvalue weighted by molar-refractivity contribution is 6.34. The van der Waals surface area contributed by atoms with E-state index in [0.29, 0.717) is 16.7 Å². The second kappa shape index (κ2) is 7.77. The summed E-state index contributed by atoms with van der Waals surface area (Å²) in [5.74, 6) is -1.55. The molecule has 1 heterocycles. The van der Waals surface area contributed by atoms with Crippen molar-refractivity contribution in [3.63, 3.8) is 0 Å². The molecule has 4 rings (SSSR count). The summed E-state index contributed by atoms with van der Waals surface area (Å²) >= 11 is 6.11. The number of nitrogens with one attached hydrogen (secondary N) is 2. The molecular weight excluding hydrogens is 395 g/mol. The number of para-hydroxylation sites is 1. The number of amides is 2. The lowest BCUT2D eigenvalue weighted by atomic mass is 10.1. The molecule has 0 aliphatic heterocycles. The van der Waals surface area contributed by atoms with Gasteiger partial charge in [-0.3, -0.25) is 9.59 Å². The van der Waals surface area contributed by atoms with E-state index in [4.69, 9.17) is 16.0 Å². The maximum absolute atomic E-state index is 13.1. The van der Waals surface area contributed by atoms with Crippen molar-refractivity contribution < 1.29 is 18.4 Å². The Morgan fingerprint density at radius 3 is 2.28 bits per heavy atom. The molecule has 0 unspecified atom stereocenters. The second-order valence-electron chi connectivity index (χ2n) is 6.20. The molecule has 4 aromatic rings. The molecule has 2 amide bonds. The molecule has 0 radical (unpaired) electrons. The lowest BCUT2D eigenvalue weighted by molar-refractivity contribution is 0.0999. The van der Waals surface area contributed by atoms with Gasteiger partial charge in [-0.15, -0.1) is 0 Å². The summed E-state index contributed by atoms with van der Waals surface area (Å²) in [5.41, 5.74) is 1.32. The lowest BCUT2D eigenvalue weighted by Crippen LogP contribution is -2.17. The van der Waals surface area contributed by atoms with Crippen molar-refractivity contribution in [3.05, 3.63) is 95.0 Å². The zero-order valence-corrected chi connectivity index (χ0v) is 15.7. The Morgan fingerprint density at radius 2 is 1.52 bits per heavy atom. The quantitative estimate of drug-likeness (QED) is 0.453. The van der Waals surface area contributed by atoms with Crippen LogP contribution in [0.4, 0.5) is 15.8 Å². The van der Waals surface area contributed by atoms with Gasteiger partial charge in [-0.25, -0.2) is 4.39 Å². The van der Waals surface area contributed by atoms with Crippen LogP contribution in [0.2, 0.25) is 5.02 Å². The summed E-state index contributed by atoms with van der Waals surface area (Å²) in [5, 5.41) is 6.22. The number of fused-ring (bicyclic) bond motifs is 1. The van der Waals surface area contributed by atoms with Crippen molar-refractivity contribution in [1.29, 1.82) is 0 Å². The predicted octanol–water partition coefficient (Wildman–Crippen LogP) is 5.73. The molecule has 0 saturated heterocycles. The van der Waals surface area contributed by atoms with Crippen LogP contribution in [0.1, 0.15) is 20.9 Å². The van der Waals surface area contributed by atoms with Gasteiger partial charge >= 0.3 is 0 Å². The molecule has 0 spiro atoms. The molecule has 5 nitrogen and oxygen atoms in total. The Bertz CT molecular complexity index is 1220. The molecule has 7 heteroatoms. The van der Waals surface area contributed by atoms with Crippen molar-refractivity contribution in [2.75, 3.05) is 10.6 Å². The minimum absolute atomic E-state index is 0.0732. The number of anilines is 2. The van der Waals surface area contributed by atoms with Crippen LogP contribution in [0.3, 0.4) is 0 Å². The van der Waals surface area contributed by atoms with Crippen molar-refractivity contribution in [2.45, 2.75) is 0 Å². The van der Waals surface area contributed by atoms with Gasteiger partial charge in [0.2, 0.25) is 5.76 Å². The SMILES string of the molecule is O=C(Nc1c(C(=O)Nc2ccc(F)cc2)oc2ccccc12)c1ccccc1Cl. The Labute approximate surface area is 170 Å². The topological polar surface area (TPSA) is 71.3 Å². The third kappa shape index (κ3) is 3.83. The Hall–Kier alpha value is -3.64. The van der Waals surface area contributed by atoms with E-state index in [0.717, 1.165) is 0 Å². The van der Waals surface area contributed by atoms with Gasteiger partial charge in [0.05, 0.1) is 10.6 Å². The van der Waals surface area contributed by atoms with Crippen LogP contribution in [-0.2, 0) is 0 Å². The van der Waals surface area contributed by atoms with E-state index in [-0.39, 0.29) is 22.0 Å². The summed E-state index contributed by atoms with van der Waals surface area (Å²) in [4.78, 5) is 25.5. The first kappa shape index (κ1) is 18.7. The van der Waals surface area contributed by atoms with E-state index in [9.17, 15) is 14.0 Å². The molecule has 29 heavy (non-hydrogen) atoms.